The van der Waals surface area contributed by atoms with Gasteiger partial charge in [0.25, 0.3) is 0 Å². The molecule has 1 fully saturated rings. The highest BCUT2D eigenvalue weighted by molar-refractivity contribution is 7.07. The van der Waals surface area contributed by atoms with Gasteiger partial charge in [-0.1, -0.05) is 13.3 Å². The summed E-state index contributed by atoms with van der Waals surface area (Å²) in [5, 5.41) is 13.5. The average molecular weight is 239 g/mol. The first-order valence-electron chi connectivity index (χ1n) is 6.17. The van der Waals surface area contributed by atoms with E-state index in [-0.39, 0.29) is 6.61 Å². The Kier molecular flexibility index (Phi) is 4.38. The summed E-state index contributed by atoms with van der Waals surface area (Å²) in [5.41, 5.74) is 1.39. The lowest BCUT2D eigenvalue weighted by atomic mass is 10.0. The molecule has 0 saturated heterocycles. The minimum absolute atomic E-state index is 0.271. The zero-order valence-corrected chi connectivity index (χ0v) is 10.7. The molecule has 0 bridgehead atoms. The highest BCUT2D eigenvalue weighted by atomic mass is 32.1. The van der Waals surface area contributed by atoms with Crippen molar-refractivity contribution in [3.63, 3.8) is 0 Å². The minimum Gasteiger partial charge on any atom is -0.395 e. The Morgan fingerprint density at radius 3 is 2.94 bits per heavy atom. The third-order valence-electron chi connectivity index (χ3n) is 3.64. The summed E-state index contributed by atoms with van der Waals surface area (Å²) in [6.45, 7) is 4.42. The molecule has 1 aromatic rings. The summed E-state index contributed by atoms with van der Waals surface area (Å²) in [6, 6.07) is 2.86. The molecule has 1 aromatic heterocycles. The van der Waals surface area contributed by atoms with Crippen LogP contribution in [0.15, 0.2) is 16.8 Å². The standard InChI is InChI=1S/C13H21NOS/c1-11-3-2-4-13(11)14(6-7-15)9-12-5-8-16-10-12/h5,8,10-11,13,15H,2-4,6-7,9H2,1H3/t11-,13-/m1/s1. The van der Waals surface area contributed by atoms with Crippen molar-refractivity contribution in [1.29, 1.82) is 0 Å². The van der Waals surface area contributed by atoms with Crippen LogP contribution in [-0.2, 0) is 6.54 Å². The number of hydrogen-bond donors (Lipinski definition) is 1. The SMILES string of the molecule is C[C@@H]1CCC[C@H]1N(CCO)Cc1ccsc1. The van der Waals surface area contributed by atoms with E-state index in [0.29, 0.717) is 6.04 Å². The Balaban J connectivity index is 1.99. The van der Waals surface area contributed by atoms with Crippen molar-refractivity contribution in [2.24, 2.45) is 5.92 Å². The van der Waals surface area contributed by atoms with Gasteiger partial charge in [0.1, 0.15) is 0 Å². The second kappa shape index (κ2) is 5.80. The number of nitrogens with zero attached hydrogens (tertiary/aromatic N) is 1. The van der Waals surface area contributed by atoms with Crippen LogP contribution in [0.3, 0.4) is 0 Å². The summed E-state index contributed by atoms with van der Waals surface area (Å²) >= 11 is 1.75. The first-order chi connectivity index (χ1) is 7.81. The molecule has 2 atom stereocenters. The predicted octanol–water partition coefficient (Wildman–Crippen LogP) is 2.73. The molecule has 0 amide bonds. The van der Waals surface area contributed by atoms with E-state index in [4.69, 9.17) is 0 Å². The topological polar surface area (TPSA) is 23.5 Å². The van der Waals surface area contributed by atoms with Crippen molar-refractivity contribution >= 4 is 11.3 Å². The molecular formula is C13H21NOS. The molecule has 1 aliphatic rings. The van der Waals surface area contributed by atoms with Crippen LogP contribution in [0, 0.1) is 5.92 Å². The monoisotopic (exact) mass is 239 g/mol. The molecule has 1 aliphatic carbocycles. The molecule has 3 heteroatoms. The normalized spacial score (nSPS) is 25.4. The van der Waals surface area contributed by atoms with Gasteiger partial charge in [0.2, 0.25) is 0 Å². The van der Waals surface area contributed by atoms with Gasteiger partial charge in [-0.05, 0) is 41.1 Å². The van der Waals surface area contributed by atoms with E-state index in [1.807, 2.05) is 0 Å². The van der Waals surface area contributed by atoms with Crippen molar-refractivity contribution in [2.75, 3.05) is 13.2 Å². The van der Waals surface area contributed by atoms with Crippen molar-refractivity contribution < 1.29 is 5.11 Å². The van der Waals surface area contributed by atoms with Crippen LogP contribution in [0.2, 0.25) is 0 Å². The third-order valence-corrected chi connectivity index (χ3v) is 4.37. The molecule has 1 N–H and O–H groups in total. The van der Waals surface area contributed by atoms with Crippen LogP contribution >= 0.6 is 11.3 Å². The van der Waals surface area contributed by atoms with Crippen molar-refractivity contribution in [3.05, 3.63) is 22.4 Å². The lowest BCUT2D eigenvalue weighted by Gasteiger charge is -2.31. The number of rotatable bonds is 5. The summed E-state index contributed by atoms with van der Waals surface area (Å²) in [5.74, 6) is 0.783. The van der Waals surface area contributed by atoms with Gasteiger partial charge in [-0.15, -0.1) is 0 Å². The van der Waals surface area contributed by atoms with Crippen LogP contribution in [0.25, 0.3) is 0 Å². The minimum atomic E-state index is 0.271. The van der Waals surface area contributed by atoms with Crippen LogP contribution in [0.1, 0.15) is 31.7 Å². The second-order valence-electron chi connectivity index (χ2n) is 4.80. The number of aliphatic hydroxyl groups excluding tert-OH is 1. The first kappa shape index (κ1) is 12.1. The number of thiophene rings is 1. The van der Waals surface area contributed by atoms with Gasteiger partial charge in [0.15, 0.2) is 0 Å². The Bertz CT molecular complexity index is 299. The molecule has 16 heavy (non-hydrogen) atoms. The Labute approximate surface area is 102 Å². The molecule has 2 rings (SSSR count). The van der Waals surface area contributed by atoms with Crippen molar-refractivity contribution in [1.82, 2.24) is 4.90 Å². The van der Waals surface area contributed by atoms with E-state index in [9.17, 15) is 5.11 Å². The second-order valence-corrected chi connectivity index (χ2v) is 5.58. The van der Waals surface area contributed by atoms with Crippen molar-refractivity contribution in [2.45, 2.75) is 38.8 Å². The van der Waals surface area contributed by atoms with E-state index in [2.05, 4.69) is 28.7 Å². The van der Waals surface area contributed by atoms with Gasteiger partial charge in [-0.2, -0.15) is 11.3 Å². The Hall–Kier alpha value is -0.380. The van der Waals surface area contributed by atoms with Gasteiger partial charge < -0.3 is 5.11 Å². The molecule has 0 unspecified atom stereocenters. The van der Waals surface area contributed by atoms with E-state index in [1.165, 1.54) is 24.8 Å². The summed E-state index contributed by atoms with van der Waals surface area (Å²) in [7, 11) is 0. The Morgan fingerprint density at radius 1 is 1.50 bits per heavy atom. The molecule has 1 heterocycles. The molecule has 90 valence electrons. The van der Waals surface area contributed by atoms with E-state index < -0.39 is 0 Å². The highest BCUT2D eigenvalue weighted by Crippen LogP contribution is 2.30. The maximum Gasteiger partial charge on any atom is 0.0558 e. The van der Waals surface area contributed by atoms with Gasteiger partial charge >= 0.3 is 0 Å². The maximum absolute atomic E-state index is 9.17. The van der Waals surface area contributed by atoms with Crippen LogP contribution in [-0.4, -0.2) is 29.2 Å². The fraction of sp³-hybridized carbons (Fsp3) is 0.692. The smallest absolute Gasteiger partial charge is 0.0558 e. The summed E-state index contributed by atoms with van der Waals surface area (Å²) in [6.07, 6.45) is 3.99. The summed E-state index contributed by atoms with van der Waals surface area (Å²) in [4.78, 5) is 2.46. The molecule has 0 radical (unpaired) electrons. The van der Waals surface area contributed by atoms with Gasteiger partial charge in [-0.3, -0.25) is 4.90 Å². The fourth-order valence-corrected chi connectivity index (χ4v) is 3.44. The van der Waals surface area contributed by atoms with Crippen LogP contribution < -0.4 is 0 Å². The molecule has 1 saturated carbocycles. The van der Waals surface area contributed by atoms with Gasteiger partial charge in [0.05, 0.1) is 6.61 Å². The fourth-order valence-electron chi connectivity index (χ4n) is 2.78. The van der Waals surface area contributed by atoms with E-state index in [1.54, 1.807) is 11.3 Å². The Morgan fingerprint density at radius 2 is 2.38 bits per heavy atom. The van der Waals surface area contributed by atoms with E-state index in [0.717, 1.165) is 19.0 Å². The quantitative estimate of drug-likeness (QED) is 0.854. The van der Waals surface area contributed by atoms with Gasteiger partial charge in [0, 0.05) is 19.1 Å². The summed E-state index contributed by atoms with van der Waals surface area (Å²) < 4.78 is 0. The highest BCUT2D eigenvalue weighted by Gasteiger charge is 2.28. The van der Waals surface area contributed by atoms with Crippen molar-refractivity contribution in [3.8, 4) is 0 Å². The molecular weight excluding hydrogens is 218 g/mol. The first-order valence-corrected chi connectivity index (χ1v) is 7.11. The molecule has 0 aromatic carbocycles. The molecule has 2 nitrogen and oxygen atoms in total. The number of hydrogen-bond acceptors (Lipinski definition) is 3. The largest absolute Gasteiger partial charge is 0.395 e. The maximum atomic E-state index is 9.17. The zero-order chi connectivity index (χ0) is 11.4. The number of aliphatic hydroxyl groups is 1. The molecule has 0 spiro atoms. The van der Waals surface area contributed by atoms with E-state index >= 15 is 0 Å². The van der Waals surface area contributed by atoms with Crippen LogP contribution in [0.4, 0.5) is 0 Å². The predicted molar refractivity (Wildman–Crippen MR) is 68.6 cm³/mol. The third kappa shape index (κ3) is 2.84. The average Bonchev–Trinajstić information content (AvgIpc) is 2.88. The van der Waals surface area contributed by atoms with Crippen LogP contribution in [0.5, 0.6) is 0 Å². The lowest BCUT2D eigenvalue weighted by Crippen LogP contribution is -2.38. The molecule has 0 aliphatic heterocycles. The van der Waals surface area contributed by atoms with Gasteiger partial charge in [-0.25, -0.2) is 0 Å². The zero-order valence-electron chi connectivity index (χ0n) is 9.93. The lowest BCUT2D eigenvalue weighted by molar-refractivity contribution is 0.123.